The molecule has 4 aromatic rings. The standard InChI is InChI=1S/C24H24ClF3N6O4/c1-13-5-4-6-14(2)19(13)34-21(22(36)38-3)29-18(30-34)12-33-23(37)32(11-17(35)24(26,27)28)20(31-33)15-7-9-16(25)10-8-15/h4-10,17,22,35-36H,11-12H2,1-3H3/t17-,22?/m0/s1. The highest BCUT2D eigenvalue weighted by atomic mass is 35.5. The number of aromatic nitrogens is 6. The van der Waals surface area contributed by atoms with Gasteiger partial charge in [0.25, 0.3) is 0 Å². The van der Waals surface area contributed by atoms with E-state index in [1.54, 1.807) is 0 Å². The third-order valence-electron chi connectivity index (χ3n) is 5.82. The largest absolute Gasteiger partial charge is 0.416 e. The number of rotatable bonds is 8. The van der Waals surface area contributed by atoms with E-state index in [9.17, 15) is 28.2 Å². The minimum Gasteiger partial charge on any atom is -0.382 e. The lowest BCUT2D eigenvalue weighted by molar-refractivity contribution is -0.207. The summed E-state index contributed by atoms with van der Waals surface area (Å²) in [5.74, 6) is -0.0244. The summed E-state index contributed by atoms with van der Waals surface area (Å²) in [7, 11) is 1.28. The van der Waals surface area contributed by atoms with Crippen LogP contribution < -0.4 is 5.69 Å². The molecule has 0 saturated heterocycles. The molecule has 38 heavy (non-hydrogen) atoms. The number of para-hydroxylation sites is 1. The summed E-state index contributed by atoms with van der Waals surface area (Å²) in [5, 5.41) is 29.1. The van der Waals surface area contributed by atoms with Crippen molar-refractivity contribution in [3.05, 3.63) is 80.7 Å². The Labute approximate surface area is 219 Å². The van der Waals surface area contributed by atoms with Crippen LogP contribution in [0.2, 0.25) is 5.02 Å². The number of alkyl halides is 3. The van der Waals surface area contributed by atoms with Crippen molar-refractivity contribution in [1.82, 2.24) is 29.1 Å². The molecular formula is C24H24ClF3N6O4. The summed E-state index contributed by atoms with van der Waals surface area (Å²) < 4.78 is 47.4. The van der Waals surface area contributed by atoms with Crippen LogP contribution >= 0.6 is 11.6 Å². The van der Waals surface area contributed by atoms with Crippen LogP contribution in [-0.2, 0) is 17.8 Å². The summed E-state index contributed by atoms with van der Waals surface area (Å²) in [6.07, 6.45) is -9.19. The molecule has 0 saturated carbocycles. The fourth-order valence-corrected chi connectivity index (χ4v) is 4.06. The van der Waals surface area contributed by atoms with Gasteiger partial charge in [0.1, 0.15) is 6.54 Å². The highest BCUT2D eigenvalue weighted by Crippen LogP contribution is 2.25. The maximum absolute atomic E-state index is 13.2. The Bertz CT molecular complexity index is 1480. The van der Waals surface area contributed by atoms with Gasteiger partial charge in [-0.2, -0.15) is 13.2 Å². The van der Waals surface area contributed by atoms with E-state index in [2.05, 4.69) is 15.2 Å². The van der Waals surface area contributed by atoms with E-state index in [1.807, 2.05) is 32.0 Å². The number of aliphatic hydroxyl groups is 2. The molecule has 1 unspecified atom stereocenters. The second-order valence-corrected chi connectivity index (χ2v) is 9.00. The fraction of sp³-hybridized carbons (Fsp3) is 0.333. The van der Waals surface area contributed by atoms with E-state index in [0.29, 0.717) is 16.3 Å². The molecule has 2 N–H and O–H groups in total. The Hall–Kier alpha value is -3.52. The number of hydrogen-bond donors (Lipinski definition) is 2. The van der Waals surface area contributed by atoms with Gasteiger partial charge >= 0.3 is 11.9 Å². The van der Waals surface area contributed by atoms with Crippen molar-refractivity contribution in [3.63, 3.8) is 0 Å². The van der Waals surface area contributed by atoms with E-state index in [-0.39, 0.29) is 24.0 Å². The molecule has 2 heterocycles. The third kappa shape index (κ3) is 5.50. The number of nitrogens with zero attached hydrogens (tertiary/aromatic N) is 6. The van der Waals surface area contributed by atoms with Gasteiger partial charge in [-0.25, -0.2) is 19.1 Å². The summed E-state index contributed by atoms with van der Waals surface area (Å²) in [6, 6.07) is 11.5. The smallest absolute Gasteiger partial charge is 0.382 e. The molecule has 202 valence electrons. The average molecular weight is 553 g/mol. The van der Waals surface area contributed by atoms with Gasteiger partial charge in [-0.3, -0.25) is 4.57 Å². The molecule has 2 aromatic carbocycles. The van der Waals surface area contributed by atoms with Crippen LogP contribution in [0.3, 0.4) is 0 Å². The molecule has 0 fully saturated rings. The van der Waals surface area contributed by atoms with Gasteiger partial charge in [-0.1, -0.05) is 29.8 Å². The Morgan fingerprint density at radius 1 is 1.05 bits per heavy atom. The van der Waals surface area contributed by atoms with Crippen LogP contribution in [0.25, 0.3) is 17.1 Å². The van der Waals surface area contributed by atoms with Crippen LogP contribution in [0.15, 0.2) is 47.3 Å². The molecule has 0 bridgehead atoms. The molecule has 0 aliphatic rings. The number of halogens is 4. The highest BCUT2D eigenvalue weighted by molar-refractivity contribution is 6.30. The van der Waals surface area contributed by atoms with Crippen molar-refractivity contribution in [1.29, 1.82) is 0 Å². The molecule has 0 radical (unpaired) electrons. The lowest BCUT2D eigenvalue weighted by Crippen LogP contribution is -2.37. The minimum atomic E-state index is -4.95. The van der Waals surface area contributed by atoms with Crippen LogP contribution in [0.5, 0.6) is 0 Å². The number of aliphatic hydroxyl groups excluding tert-OH is 2. The maximum Gasteiger partial charge on any atom is 0.416 e. The number of benzene rings is 2. The van der Waals surface area contributed by atoms with Crippen LogP contribution in [-0.4, -0.2) is 58.7 Å². The van der Waals surface area contributed by atoms with Gasteiger partial charge in [-0.05, 0) is 49.2 Å². The van der Waals surface area contributed by atoms with E-state index in [1.165, 1.54) is 36.1 Å². The first-order valence-electron chi connectivity index (χ1n) is 11.3. The maximum atomic E-state index is 13.2. The zero-order chi connectivity index (χ0) is 27.8. The second-order valence-electron chi connectivity index (χ2n) is 8.57. The third-order valence-corrected chi connectivity index (χ3v) is 6.07. The van der Waals surface area contributed by atoms with Gasteiger partial charge < -0.3 is 14.9 Å². The van der Waals surface area contributed by atoms with Crippen molar-refractivity contribution < 1.29 is 28.1 Å². The van der Waals surface area contributed by atoms with Gasteiger partial charge in [0.2, 0.25) is 6.29 Å². The first kappa shape index (κ1) is 27.5. The van der Waals surface area contributed by atoms with Crippen LogP contribution in [0.1, 0.15) is 29.1 Å². The van der Waals surface area contributed by atoms with Crippen molar-refractivity contribution in [3.8, 4) is 17.1 Å². The SMILES string of the molecule is COC(O)c1nc(Cn2nc(-c3ccc(Cl)cc3)n(C[C@H](O)C(F)(F)F)c2=O)nn1-c1c(C)cccc1C. The summed E-state index contributed by atoms with van der Waals surface area (Å²) in [6.45, 7) is 2.29. The minimum absolute atomic E-state index is 0.0396. The first-order chi connectivity index (χ1) is 17.9. The predicted octanol–water partition coefficient (Wildman–Crippen LogP) is 3.17. The van der Waals surface area contributed by atoms with Crippen molar-refractivity contribution >= 4 is 11.6 Å². The normalized spacial score (nSPS) is 13.6. The topological polar surface area (TPSA) is 120 Å². The zero-order valence-corrected chi connectivity index (χ0v) is 21.3. The van der Waals surface area contributed by atoms with E-state index >= 15 is 0 Å². The number of hydrogen-bond acceptors (Lipinski definition) is 7. The predicted molar refractivity (Wildman–Crippen MR) is 131 cm³/mol. The monoisotopic (exact) mass is 552 g/mol. The van der Waals surface area contributed by atoms with E-state index in [0.717, 1.165) is 20.4 Å². The molecule has 4 rings (SSSR count). The first-order valence-corrected chi connectivity index (χ1v) is 11.7. The zero-order valence-electron chi connectivity index (χ0n) is 20.5. The highest BCUT2D eigenvalue weighted by Gasteiger charge is 2.39. The Morgan fingerprint density at radius 3 is 2.26 bits per heavy atom. The summed E-state index contributed by atoms with van der Waals surface area (Å²) >= 11 is 5.92. The van der Waals surface area contributed by atoms with Gasteiger partial charge in [-0.15, -0.1) is 10.2 Å². The molecule has 0 aliphatic carbocycles. The van der Waals surface area contributed by atoms with Gasteiger partial charge in [0.15, 0.2) is 23.6 Å². The Kier molecular flexibility index (Phi) is 7.74. The molecule has 2 atom stereocenters. The molecular weight excluding hydrogens is 529 g/mol. The van der Waals surface area contributed by atoms with Crippen LogP contribution in [0, 0.1) is 13.8 Å². The molecule has 0 aliphatic heterocycles. The lowest BCUT2D eigenvalue weighted by Gasteiger charge is -2.15. The number of ether oxygens (including phenoxy) is 1. The quantitative estimate of drug-likeness (QED) is 0.322. The summed E-state index contributed by atoms with van der Waals surface area (Å²) in [5.41, 5.74) is 1.70. The average Bonchev–Trinajstić information content (AvgIpc) is 3.40. The van der Waals surface area contributed by atoms with Crippen molar-refractivity contribution in [2.45, 2.75) is 45.5 Å². The van der Waals surface area contributed by atoms with Crippen molar-refractivity contribution in [2.24, 2.45) is 0 Å². The van der Waals surface area contributed by atoms with E-state index in [4.69, 9.17) is 16.3 Å². The summed E-state index contributed by atoms with van der Waals surface area (Å²) in [4.78, 5) is 17.5. The number of methoxy groups -OCH3 is 1. The van der Waals surface area contributed by atoms with Crippen molar-refractivity contribution in [2.75, 3.05) is 7.11 Å². The molecule has 2 aromatic heterocycles. The Morgan fingerprint density at radius 2 is 1.68 bits per heavy atom. The number of aryl methyl sites for hydroxylation is 2. The second kappa shape index (κ2) is 10.7. The van der Waals surface area contributed by atoms with Gasteiger partial charge in [0.05, 0.1) is 12.2 Å². The lowest BCUT2D eigenvalue weighted by atomic mass is 10.1. The Balaban J connectivity index is 1.81. The molecule has 14 heteroatoms. The van der Waals surface area contributed by atoms with Gasteiger partial charge in [0, 0.05) is 17.7 Å². The fourth-order valence-electron chi connectivity index (χ4n) is 3.94. The van der Waals surface area contributed by atoms with Crippen LogP contribution in [0.4, 0.5) is 13.2 Å². The molecule has 0 amide bonds. The molecule has 0 spiro atoms. The van der Waals surface area contributed by atoms with E-state index < -0.39 is 30.8 Å². The molecule has 10 nitrogen and oxygen atoms in total.